The molecule has 2 rings (SSSR count). The van der Waals surface area contributed by atoms with Crippen molar-refractivity contribution in [3.05, 3.63) is 35.5 Å². The standard InChI is InChI=1S/C11H14N4O3S2/c1-15(20(17,18)11-3-2-4-19-11)8-10(16)12-5-9-6-13-14-7-9/h2-4,6-7H,5,8H2,1H3,(H,12,16)(H,13,14). The minimum absolute atomic E-state index is 0.224. The average Bonchev–Trinajstić information content (AvgIpc) is 3.09. The van der Waals surface area contributed by atoms with Gasteiger partial charge in [-0.3, -0.25) is 9.89 Å². The number of hydrogen-bond donors (Lipinski definition) is 2. The molecule has 1 amide bonds. The monoisotopic (exact) mass is 314 g/mol. The number of thiophene rings is 1. The Labute approximate surface area is 120 Å². The Kier molecular flexibility index (Phi) is 4.53. The lowest BCUT2D eigenvalue weighted by molar-refractivity contribution is -0.121. The topological polar surface area (TPSA) is 95.2 Å². The minimum atomic E-state index is -3.59. The second kappa shape index (κ2) is 6.16. The van der Waals surface area contributed by atoms with Gasteiger partial charge in [0.05, 0.1) is 12.7 Å². The zero-order chi connectivity index (χ0) is 14.6. The van der Waals surface area contributed by atoms with Crippen LogP contribution in [0.15, 0.2) is 34.1 Å². The fraction of sp³-hybridized carbons (Fsp3) is 0.273. The number of H-pyrrole nitrogens is 1. The van der Waals surface area contributed by atoms with Crippen LogP contribution in [0.1, 0.15) is 5.56 Å². The molecular weight excluding hydrogens is 300 g/mol. The molecule has 2 aromatic rings. The van der Waals surface area contributed by atoms with Gasteiger partial charge in [0.25, 0.3) is 10.0 Å². The molecule has 0 aliphatic heterocycles. The summed E-state index contributed by atoms with van der Waals surface area (Å²) in [4.78, 5) is 11.7. The summed E-state index contributed by atoms with van der Waals surface area (Å²) in [6.45, 7) is 0.0836. The molecule has 0 atom stereocenters. The minimum Gasteiger partial charge on any atom is -0.351 e. The molecule has 9 heteroatoms. The Balaban J connectivity index is 1.91. The molecule has 0 aliphatic carbocycles. The van der Waals surface area contributed by atoms with E-state index in [1.165, 1.54) is 13.1 Å². The summed E-state index contributed by atoms with van der Waals surface area (Å²) >= 11 is 1.12. The number of nitrogens with one attached hydrogen (secondary N) is 2. The van der Waals surface area contributed by atoms with Gasteiger partial charge in [0.1, 0.15) is 4.21 Å². The zero-order valence-electron chi connectivity index (χ0n) is 10.7. The van der Waals surface area contributed by atoms with Crippen LogP contribution in [0, 0.1) is 0 Å². The summed E-state index contributed by atoms with van der Waals surface area (Å²) in [5.41, 5.74) is 0.821. The van der Waals surface area contributed by atoms with E-state index in [1.807, 2.05) is 0 Å². The molecule has 2 heterocycles. The van der Waals surface area contributed by atoms with E-state index in [0.29, 0.717) is 6.54 Å². The fourth-order valence-corrected chi connectivity index (χ4v) is 3.81. The molecule has 2 N–H and O–H groups in total. The number of rotatable bonds is 6. The first-order chi connectivity index (χ1) is 9.50. The van der Waals surface area contributed by atoms with Crippen LogP contribution in [0.2, 0.25) is 0 Å². The van der Waals surface area contributed by atoms with Gasteiger partial charge in [0.15, 0.2) is 0 Å². The highest BCUT2D eigenvalue weighted by atomic mass is 32.2. The largest absolute Gasteiger partial charge is 0.351 e. The first-order valence-corrected chi connectivity index (χ1v) is 8.06. The summed E-state index contributed by atoms with van der Waals surface area (Å²) in [6.07, 6.45) is 3.25. The molecule has 0 saturated heterocycles. The maximum Gasteiger partial charge on any atom is 0.252 e. The van der Waals surface area contributed by atoms with Crippen molar-refractivity contribution in [1.29, 1.82) is 0 Å². The van der Waals surface area contributed by atoms with Gasteiger partial charge in [0.2, 0.25) is 5.91 Å². The summed E-state index contributed by atoms with van der Waals surface area (Å²) in [5.74, 6) is -0.367. The van der Waals surface area contributed by atoms with Crippen molar-refractivity contribution in [3.63, 3.8) is 0 Å². The Morgan fingerprint density at radius 2 is 2.35 bits per heavy atom. The van der Waals surface area contributed by atoms with Crippen molar-refractivity contribution < 1.29 is 13.2 Å². The summed E-state index contributed by atoms with van der Waals surface area (Å²) < 4.78 is 25.5. The Bertz CT molecular complexity index is 650. The molecule has 0 aromatic carbocycles. The molecule has 0 bridgehead atoms. The van der Waals surface area contributed by atoms with E-state index in [9.17, 15) is 13.2 Å². The number of aromatic nitrogens is 2. The fourth-order valence-electron chi connectivity index (χ4n) is 1.48. The third-order valence-electron chi connectivity index (χ3n) is 2.57. The number of sulfonamides is 1. The van der Waals surface area contributed by atoms with Crippen molar-refractivity contribution >= 4 is 27.3 Å². The Hall–Kier alpha value is -1.71. The lowest BCUT2D eigenvalue weighted by Gasteiger charge is -2.15. The van der Waals surface area contributed by atoms with Crippen LogP contribution >= 0.6 is 11.3 Å². The highest BCUT2D eigenvalue weighted by Crippen LogP contribution is 2.19. The Morgan fingerprint density at radius 3 is 2.95 bits per heavy atom. The van der Waals surface area contributed by atoms with Crippen molar-refractivity contribution in [1.82, 2.24) is 19.8 Å². The van der Waals surface area contributed by atoms with Gasteiger partial charge in [-0.25, -0.2) is 8.42 Å². The molecule has 0 saturated carbocycles. The van der Waals surface area contributed by atoms with Crippen LogP contribution in [0.25, 0.3) is 0 Å². The van der Waals surface area contributed by atoms with Crippen LogP contribution in [0.5, 0.6) is 0 Å². The third kappa shape index (κ3) is 3.44. The lowest BCUT2D eigenvalue weighted by Crippen LogP contribution is -2.37. The number of hydrogen-bond acceptors (Lipinski definition) is 5. The van der Waals surface area contributed by atoms with E-state index >= 15 is 0 Å². The average molecular weight is 314 g/mol. The van der Waals surface area contributed by atoms with Crippen molar-refractivity contribution in [2.75, 3.05) is 13.6 Å². The number of amides is 1. The van der Waals surface area contributed by atoms with E-state index in [2.05, 4.69) is 15.5 Å². The molecule has 0 aliphatic rings. The van der Waals surface area contributed by atoms with E-state index in [-0.39, 0.29) is 16.7 Å². The molecular formula is C11H14N4O3S2. The van der Waals surface area contributed by atoms with Gasteiger partial charge in [0, 0.05) is 25.4 Å². The van der Waals surface area contributed by atoms with E-state index < -0.39 is 10.0 Å². The molecule has 108 valence electrons. The van der Waals surface area contributed by atoms with Gasteiger partial charge in [-0.1, -0.05) is 6.07 Å². The van der Waals surface area contributed by atoms with Crippen molar-refractivity contribution in [3.8, 4) is 0 Å². The maximum atomic E-state index is 12.1. The molecule has 20 heavy (non-hydrogen) atoms. The molecule has 0 radical (unpaired) electrons. The maximum absolute atomic E-state index is 12.1. The molecule has 2 aromatic heterocycles. The SMILES string of the molecule is CN(CC(=O)NCc1cn[nH]c1)S(=O)(=O)c1cccs1. The van der Waals surface area contributed by atoms with Gasteiger partial charge >= 0.3 is 0 Å². The van der Waals surface area contributed by atoms with Gasteiger partial charge in [-0.05, 0) is 11.4 Å². The van der Waals surface area contributed by atoms with Crippen LogP contribution in [0.4, 0.5) is 0 Å². The first kappa shape index (κ1) is 14.7. The molecule has 0 fully saturated rings. The van der Waals surface area contributed by atoms with Crippen LogP contribution in [-0.2, 0) is 21.4 Å². The Morgan fingerprint density at radius 1 is 1.55 bits per heavy atom. The molecule has 7 nitrogen and oxygen atoms in total. The quantitative estimate of drug-likeness (QED) is 0.807. The predicted octanol–water partition coefficient (Wildman–Crippen LogP) is 0.408. The smallest absolute Gasteiger partial charge is 0.252 e. The second-order valence-electron chi connectivity index (χ2n) is 4.08. The van der Waals surface area contributed by atoms with Crippen LogP contribution in [0.3, 0.4) is 0 Å². The number of aromatic amines is 1. The van der Waals surface area contributed by atoms with Crippen LogP contribution < -0.4 is 5.32 Å². The normalized spacial score (nSPS) is 11.7. The highest BCUT2D eigenvalue weighted by Gasteiger charge is 2.23. The zero-order valence-corrected chi connectivity index (χ0v) is 12.4. The number of likely N-dealkylation sites (N-methyl/N-ethyl adjacent to an activating group) is 1. The first-order valence-electron chi connectivity index (χ1n) is 5.74. The molecule has 0 unspecified atom stereocenters. The second-order valence-corrected chi connectivity index (χ2v) is 7.30. The van der Waals surface area contributed by atoms with Crippen LogP contribution in [-0.4, -0.2) is 42.4 Å². The van der Waals surface area contributed by atoms with Crippen molar-refractivity contribution in [2.24, 2.45) is 0 Å². The lowest BCUT2D eigenvalue weighted by atomic mass is 10.3. The van der Waals surface area contributed by atoms with Crippen molar-refractivity contribution in [2.45, 2.75) is 10.8 Å². The summed E-state index contributed by atoms with van der Waals surface area (Å²) in [6, 6.07) is 3.17. The summed E-state index contributed by atoms with van der Waals surface area (Å²) in [5, 5.41) is 10.7. The number of carbonyl (C=O) groups excluding carboxylic acids is 1. The third-order valence-corrected chi connectivity index (χ3v) is 5.75. The van der Waals surface area contributed by atoms with Gasteiger partial charge in [-0.2, -0.15) is 9.40 Å². The van der Waals surface area contributed by atoms with E-state index in [4.69, 9.17) is 0 Å². The van der Waals surface area contributed by atoms with Gasteiger partial charge < -0.3 is 5.32 Å². The van der Waals surface area contributed by atoms with E-state index in [1.54, 1.807) is 23.8 Å². The number of carbonyl (C=O) groups is 1. The predicted molar refractivity (Wildman–Crippen MR) is 74.6 cm³/mol. The van der Waals surface area contributed by atoms with Gasteiger partial charge in [-0.15, -0.1) is 11.3 Å². The number of nitrogens with zero attached hydrogens (tertiary/aromatic N) is 2. The van der Waals surface area contributed by atoms with E-state index in [0.717, 1.165) is 21.2 Å². The summed E-state index contributed by atoms with van der Waals surface area (Å²) in [7, 11) is -2.21. The highest BCUT2D eigenvalue weighted by molar-refractivity contribution is 7.91. The molecule has 0 spiro atoms.